The highest BCUT2D eigenvalue weighted by molar-refractivity contribution is 6.31. The molecule has 0 amide bonds. The van der Waals surface area contributed by atoms with Gasteiger partial charge in [-0.1, -0.05) is 180 Å². The van der Waals surface area contributed by atoms with Crippen LogP contribution in [-0.4, -0.2) is 67.8 Å². The van der Waals surface area contributed by atoms with Gasteiger partial charge in [0.25, 0.3) is 6.47 Å². The number of unbranched alkanes of at least 4 members (excludes halogenated alkanes) is 18. The van der Waals surface area contributed by atoms with Gasteiger partial charge >= 0.3 is 0 Å². The molecule has 0 aromatic heterocycles. The van der Waals surface area contributed by atoms with Gasteiger partial charge in [-0.05, 0) is 51.2 Å². The number of amidine groups is 1. The number of ether oxygens (including phenoxy) is 1. The molecule has 1 atom stereocenters. The molecule has 0 radical (unpaired) electrons. The zero-order chi connectivity index (χ0) is 40.5. The van der Waals surface area contributed by atoms with Gasteiger partial charge in [0, 0.05) is 36.8 Å². The summed E-state index contributed by atoms with van der Waals surface area (Å²) in [5.41, 5.74) is 3.59. The molecule has 7 nitrogen and oxygen atoms in total. The van der Waals surface area contributed by atoms with Crippen LogP contribution in [0.2, 0.25) is 5.02 Å². The normalized spacial score (nSPS) is 13.9. The molecule has 2 heterocycles. The monoisotopic (exact) mass is 783 g/mol. The minimum absolute atomic E-state index is 0.482. The van der Waals surface area contributed by atoms with Gasteiger partial charge in [0.15, 0.2) is 6.23 Å². The van der Waals surface area contributed by atoms with Gasteiger partial charge in [-0.15, -0.1) is 0 Å². The Morgan fingerprint density at radius 2 is 1.13 bits per heavy atom. The van der Waals surface area contributed by atoms with E-state index in [1.54, 1.807) is 0 Å². The molecule has 2 aromatic carbocycles. The van der Waals surface area contributed by atoms with Gasteiger partial charge in [-0.25, -0.2) is 4.99 Å². The standard InChI is InChI=1S/C21H23ClN4O2.C20H42.C4H10.C2H4O/c1-15(28-14-27)26-19-6-4-3-5-17(19)21(25-11-9-24(2)10-12-25)23-18-13-16(22)7-8-20(18)26;1-3-5-7-9-11-13-15-17-19-20-18-16-14-12-10-8-6-4-2;1-3-4-2;1-2-3/h3-8,13-15H,9-12H2,1-2H3;3-20H2,1-2H3;3-4H2,1-2H3;2H,1H3. The number of anilines is 2. The minimum atomic E-state index is -0.486. The molecule has 0 N–H and O–H groups in total. The second-order valence-corrected chi connectivity index (χ2v) is 15.4. The average Bonchev–Trinajstić information content (AvgIpc) is 3.33. The lowest BCUT2D eigenvalue weighted by atomic mass is 10.0. The van der Waals surface area contributed by atoms with Crippen LogP contribution in [0.4, 0.5) is 17.1 Å². The summed E-state index contributed by atoms with van der Waals surface area (Å²) in [5, 5.41) is 0.620. The third kappa shape index (κ3) is 21.3. The Balaban J connectivity index is 0.000000492. The topological polar surface area (TPSA) is 65.5 Å². The molecule has 0 bridgehead atoms. The molecule has 4 rings (SSSR count). The van der Waals surface area contributed by atoms with Gasteiger partial charge in [-0.3, -0.25) is 4.79 Å². The largest absolute Gasteiger partial charge is 0.444 e. The molecular formula is C47H79ClN4O3. The van der Waals surface area contributed by atoms with Crippen molar-refractivity contribution in [2.75, 3.05) is 38.1 Å². The summed E-state index contributed by atoms with van der Waals surface area (Å²) < 4.78 is 5.32. The summed E-state index contributed by atoms with van der Waals surface area (Å²) in [6, 6.07) is 13.7. The Hall–Kier alpha value is -2.90. The first-order valence-electron chi connectivity index (χ1n) is 22.0. The van der Waals surface area contributed by atoms with Crippen molar-refractivity contribution in [2.24, 2.45) is 4.99 Å². The number of rotatable bonds is 21. The number of hydrogen-bond donors (Lipinski definition) is 0. The van der Waals surface area contributed by atoms with Gasteiger partial charge in [0.2, 0.25) is 0 Å². The highest BCUT2D eigenvalue weighted by Crippen LogP contribution is 2.42. The molecule has 8 heteroatoms. The van der Waals surface area contributed by atoms with E-state index in [9.17, 15) is 4.79 Å². The molecule has 1 saturated heterocycles. The number of halogens is 1. The van der Waals surface area contributed by atoms with E-state index in [1.807, 2.05) is 48.2 Å². The Kier molecular flexibility index (Phi) is 30.3. The highest BCUT2D eigenvalue weighted by atomic mass is 35.5. The summed E-state index contributed by atoms with van der Waals surface area (Å²) >= 11 is 6.29. The SMILES string of the molecule is CC(OC=O)N1c2ccc(Cl)cc2N=C(N2CCN(C)CC2)c2ccccc21.CC=O.CCCC.CCCCCCCCCCCCCCCCCCCC. The first kappa shape index (κ1) is 50.1. The summed E-state index contributed by atoms with van der Waals surface area (Å²) in [4.78, 5) is 31.5. The maximum absolute atomic E-state index is 11.1. The number of aliphatic imine (C=N–C) groups is 1. The molecule has 2 aliphatic rings. The smallest absolute Gasteiger partial charge is 0.295 e. The lowest BCUT2D eigenvalue weighted by Crippen LogP contribution is -2.47. The van der Waals surface area contributed by atoms with Gasteiger partial charge in [-0.2, -0.15) is 0 Å². The first-order valence-corrected chi connectivity index (χ1v) is 22.4. The number of carbonyl (C=O) groups excluding carboxylic acids is 2. The quantitative estimate of drug-likeness (QED) is 0.0928. The van der Waals surface area contributed by atoms with Crippen LogP contribution in [-0.2, 0) is 14.3 Å². The van der Waals surface area contributed by atoms with Crippen LogP contribution < -0.4 is 4.90 Å². The van der Waals surface area contributed by atoms with Crippen molar-refractivity contribution in [1.82, 2.24) is 9.80 Å². The van der Waals surface area contributed by atoms with E-state index in [0.717, 1.165) is 60.9 Å². The van der Waals surface area contributed by atoms with E-state index in [-0.39, 0.29) is 0 Å². The van der Waals surface area contributed by atoms with Crippen LogP contribution >= 0.6 is 11.6 Å². The van der Waals surface area contributed by atoms with E-state index in [2.05, 4.69) is 50.6 Å². The molecule has 0 aliphatic carbocycles. The number of aldehydes is 1. The van der Waals surface area contributed by atoms with E-state index < -0.39 is 6.23 Å². The Bertz CT molecular complexity index is 1260. The minimum Gasteiger partial charge on any atom is -0.444 e. The van der Waals surface area contributed by atoms with E-state index in [0.29, 0.717) is 11.5 Å². The molecule has 0 saturated carbocycles. The first-order chi connectivity index (χ1) is 26.8. The molecular weight excluding hydrogens is 704 g/mol. The average molecular weight is 784 g/mol. The van der Waals surface area contributed by atoms with Crippen molar-refractivity contribution in [3.05, 3.63) is 53.1 Å². The van der Waals surface area contributed by atoms with Crippen molar-refractivity contribution in [1.29, 1.82) is 0 Å². The lowest BCUT2D eigenvalue weighted by molar-refractivity contribution is -0.132. The van der Waals surface area contributed by atoms with Crippen LogP contribution in [0, 0.1) is 0 Å². The maximum Gasteiger partial charge on any atom is 0.295 e. The predicted octanol–water partition coefficient (Wildman–Crippen LogP) is 13.7. The van der Waals surface area contributed by atoms with Crippen LogP contribution in [0.3, 0.4) is 0 Å². The van der Waals surface area contributed by atoms with Crippen LogP contribution in [0.5, 0.6) is 0 Å². The lowest BCUT2D eigenvalue weighted by Gasteiger charge is -2.35. The zero-order valence-corrected chi connectivity index (χ0v) is 36.9. The molecule has 1 unspecified atom stereocenters. The second-order valence-electron chi connectivity index (χ2n) is 15.0. The van der Waals surface area contributed by atoms with Crippen molar-refractivity contribution >= 4 is 47.3 Å². The third-order valence-electron chi connectivity index (χ3n) is 10.2. The molecule has 2 aliphatic heterocycles. The number of benzene rings is 2. The van der Waals surface area contributed by atoms with Crippen molar-refractivity contribution in [3.8, 4) is 0 Å². The number of para-hydroxylation sites is 1. The van der Waals surface area contributed by atoms with E-state index >= 15 is 0 Å². The van der Waals surface area contributed by atoms with E-state index in [1.165, 1.54) is 135 Å². The summed E-state index contributed by atoms with van der Waals surface area (Å²) in [6.45, 7) is 16.5. The molecule has 0 spiro atoms. The molecule has 55 heavy (non-hydrogen) atoms. The Morgan fingerprint density at radius 3 is 1.56 bits per heavy atom. The van der Waals surface area contributed by atoms with Crippen LogP contribution in [0.1, 0.15) is 176 Å². The number of piperazine rings is 1. The molecule has 1 fully saturated rings. The summed E-state index contributed by atoms with van der Waals surface area (Å²) in [6.07, 6.45) is 29.3. The number of hydrogen-bond acceptors (Lipinski definition) is 7. The molecule has 312 valence electrons. The number of fused-ring (bicyclic) bond motifs is 2. The van der Waals surface area contributed by atoms with Crippen LogP contribution in [0.15, 0.2) is 47.5 Å². The predicted molar refractivity (Wildman–Crippen MR) is 239 cm³/mol. The number of nitrogens with zero attached hydrogens (tertiary/aromatic N) is 4. The fourth-order valence-electron chi connectivity index (χ4n) is 6.73. The zero-order valence-electron chi connectivity index (χ0n) is 36.1. The maximum atomic E-state index is 11.1. The summed E-state index contributed by atoms with van der Waals surface area (Å²) in [5.74, 6) is 0.924. The number of carbonyl (C=O) groups is 2. The second kappa shape index (κ2) is 33.3. The third-order valence-corrected chi connectivity index (χ3v) is 10.4. The Morgan fingerprint density at radius 1 is 0.673 bits per heavy atom. The fraction of sp³-hybridized carbons (Fsp3) is 0.681. The summed E-state index contributed by atoms with van der Waals surface area (Å²) in [7, 11) is 2.13. The van der Waals surface area contributed by atoms with Crippen molar-refractivity contribution in [2.45, 2.75) is 176 Å². The Labute approximate surface area is 342 Å². The van der Waals surface area contributed by atoms with Gasteiger partial charge in [0.05, 0.1) is 17.1 Å². The van der Waals surface area contributed by atoms with Crippen molar-refractivity contribution < 1.29 is 14.3 Å². The van der Waals surface area contributed by atoms with E-state index in [4.69, 9.17) is 26.1 Å². The van der Waals surface area contributed by atoms with Crippen LogP contribution in [0.25, 0.3) is 0 Å². The van der Waals surface area contributed by atoms with Crippen molar-refractivity contribution in [3.63, 3.8) is 0 Å². The van der Waals surface area contributed by atoms with Gasteiger partial charge in [0.1, 0.15) is 12.1 Å². The molecule has 2 aromatic rings. The number of likely N-dealkylation sites (N-methyl/N-ethyl adjacent to an activating group) is 1. The van der Waals surface area contributed by atoms with Gasteiger partial charge < -0.3 is 24.2 Å². The fourth-order valence-corrected chi connectivity index (χ4v) is 6.90. The highest BCUT2D eigenvalue weighted by Gasteiger charge is 2.30.